The number of aliphatic hydroxyl groups is 2. The summed E-state index contributed by atoms with van der Waals surface area (Å²) in [4.78, 5) is 28.4. The number of ketones is 2. The van der Waals surface area contributed by atoms with Crippen LogP contribution in [-0.2, 0) is 9.59 Å². The first kappa shape index (κ1) is 23.6. The van der Waals surface area contributed by atoms with Crippen LogP contribution in [0.15, 0.2) is 45.3 Å². The molecule has 2 aliphatic rings. The van der Waals surface area contributed by atoms with E-state index < -0.39 is 5.92 Å². The Morgan fingerprint density at radius 1 is 0.871 bits per heavy atom. The molecule has 0 spiro atoms. The summed E-state index contributed by atoms with van der Waals surface area (Å²) in [5.41, 5.74) is 1.42. The van der Waals surface area contributed by atoms with Crippen molar-refractivity contribution in [3.8, 4) is 0 Å². The van der Waals surface area contributed by atoms with E-state index in [-0.39, 0.29) is 57.9 Å². The Kier molecular flexibility index (Phi) is 6.18. The molecule has 0 saturated carbocycles. The maximum atomic E-state index is 13.2. The standard InChI is InChI=1S/C25H32BrNO4/c1-24(2)10-17(28)22(18(29)11-24)21(14-7-8-16(27(5)6)15(26)9-14)23-19(30)12-25(3,4)13-20(23)31/h7-9,21,28,30H,10-13H2,1-6H3. The third-order valence-electron chi connectivity index (χ3n) is 6.16. The number of hydrogen-bond acceptors (Lipinski definition) is 5. The molecule has 1 aromatic carbocycles. The fourth-order valence-electron chi connectivity index (χ4n) is 4.80. The van der Waals surface area contributed by atoms with Crippen molar-refractivity contribution < 1.29 is 19.8 Å². The minimum Gasteiger partial charge on any atom is -0.512 e. The highest BCUT2D eigenvalue weighted by molar-refractivity contribution is 9.10. The molecule has 5 nitrogen and oxygen atoms in total. The van der Waals surface area contributed by atoms with Crippen molar-refractivity contribution in [1.82, 2.24) is 0 Å². The second-order valence-electron chi connectivity index (χ2n) is 10.6. The van der Waals surface area contributed by atoms with Crippen molar-refractivity contribution in [3.63, 3.8) is 0 Å². The Labute approximate surface area is 193 Å². The third kappa shape index (κ3) is 4.74. The molecule has 0 unspecified atom stereocenters. The number of benzene rings is 1. The van der Waals surface area contributed by atoms with Gasteiger partial charge in [0.15, 0.2) is 11.6 Å². The van der Waals surface area contributed by atoms with Crippen LogP contribution in [0.3, 0.4) is 0 Å². The van der Waals surface area contributed by atoms with Gasteiger partial charge in [-0.15, -0.1) is 0 Å². The maximum Gasteiger partial charge on any atom is 0.163 e. The lowest BCUT2D eigenvalue weighted by atomic mass is 9.67. The number of carbonyl (C=O) groups excluding carboxylic acids is 2. The van der Waals surface area contributed by atoms with Gasteiger partial charge in [0, 0.05) is 61.3 Å². The Balaban J connectivity index is 2.25. The smallest absolute Gasteiger partial charge is 0.163 e. The van der Waals surface area contributed by atoms with Gasteiger partial charge in [-0.1, -0.05) is 33.8 Å². The molecule has 0 bridgehead atoms. The number of Topliss-reactive ketones (excluding diaryl/α,β-unsaturated/α-hetero) is 2. The summed E-state index contributed by atoms with van der Waals surface area (Å²) in [5, 5.41) is 21.9. The first-order valence-electron chi connectivity index (χ1n) is 10.6. The van der Waals surface area contributed by atoms with Crippen molar-refractivity contribution in [3.05, 3.63) is 50.9 Å². The summed E-state index contributed by atoms with van der Waals surface area (Å²) in [6.07, 6.45) is 1.28. The van der Waals surface area contributed by atoms with Gasteiger partial charge in [-0.3, -0.25) is 9.59 Å². The highest BCUT2D eigenvalue weighted by Crippen LogP contribution is 2.48. The van der Waals surface area contributed by atoms with Gasteiger partial charge in [0.25, 0.3) is 0 Å². The molecule has 0 atom stereocenters. The van der Waals surface area contributed by atoms with Gasteiger partial charge in [0.2, 0.25) is 0 Å². The topological polar surface area (TPSA) is 77.8 Å². The van der Waals surface area contributed by atoms with E-state index >= 15 is 0 Å². The monoisotopic (exact) mass is 489 g/mol. The lowest BCUT2D eigenvalue weighted by Crippen LogP contribution is -2.33. The van der Waals surface area contributed by atoms with E-state index in [2.05, 4.69) is 15.9 Å². The molecule has 6 heteroatoms. The molecule has 0 fully saturated rings. The van der Waals surface area contributed by atoms with Crippen LogP contribution in [0.5, 0.6) is 0 Å². The highest BCUT2D eigenvalue weighted by atomic mass is 79.9. The zero-order chi connectivity index (χ0) is 23.3. The Hall–Kier alpha value is -2.08. The largest absolute Gasteiger partial charge is 0.512 e. The van der Waals surface area contributed by atoms with E-state index in [1.165, 1.54) is 0 Å². The van der Waals surface area contributed by atoms with E-state index in [4.69, 9.17) is 0 Å². The summed E-state index contributed by atoms with van der Waals surface area (Å²) in [6.45, 7) is 7.78. The van der Waals surface area contributed by atoms with Crippen LogP contribution in [0.4, 0.5) is 5.69 Å². The quantitative estimate of drug-likeness (QED) is 0.541. The number of nitrogens with zero attached hydrogens (tertiary/aromatic N) is 1. The van der Waals surface area contributed by atoms with E-state index in [9.17, 15) is 19.8 Å². The molecule has 0 saturated heterocycles. The molecule has 2 N–H and O–H groups in total. The molecule has 31 heavy (non-hydrogen) atoms. The van der Waals surface area contributed by atoms with Crippen LogP contribution in [-0.4, -0.2) is 35.9 Å². The van der Waals surface area contributed by atoms with Crippen molar-refractivity contribution in [2.45, 2.75) is 59.3 Å². The molecule has 168 valence electrons. The van der Waals surface area contributed by atoms with Gasteiger partial charge < -0.3 is 15.1 Å². The van der Waals surface area contributed by atoms with Crippen LogP contribution >= 0.6 is 15.9 Å². The van der Waals surface area contributed by atoms with E-state index in [1.54, 1.807) is 0 Å². The zero-order valence-electron chi connectivity index (χ0n) is 19.2. The zero-order valence-corrected chi connectivity index (χ0v) is 20.8. The number of carbonyl (C=O) groups is 2. The van der Waals surface area contributed by atoms with Crippen LogP contribution in [0, 0.1) is 10.8 Å². The average molecular weight is 490 g/mol. The summed E-state index contributed by atoms with van der Waals surface area (Å²) in [7, 11) is 3.86. The number of rotatable bonds is 4. The third-order valence-corrected chi connectivity index (χ3v) is 6.79. The van der Waals surface area contributed by atoms with Crippen LogP contribution in [0.1, 0.15) is 64.9 Å². The van der Waals surface area contributed by atoms with Gasteiger partial charge in [0.05, 0.1) is 5.69 Å². The van der Waals surface area contributed by atoms with Gasteiger partial charge >= 0.3 is 0 Å². The van der Waals surface area contributed by atoms with Crippen LogP contribution < -0.4 is 4.90 Å². The molecule has 1 aromatic rings. The fourth-order valence-corrected chi connectivity index (χ4v) is 5.55. The molecular formula is C25H32BrNO4. The minimum atomic E-state index is -0.792. The van der Waals surface area contributed by atoms with Gasteiger partial charge in [-0.05, 0) is 44.5 Å². The molecule has 2 aliphatic carbocycles. The molecule has 3 rings (SSSR count). The summed E-state index contributed by atoms with van der Waals surface area (Å²) in [6, 6.07) is 5.65. The van der Waals surface area contributed by atoms with Crippen molar-refractivity contribution in [2.24, 2.45) is 10.8 Å². The van der Waals surface area contributed by atoms with Gasteiger partial charge in [0.1, 0.15) is 11.5 Å². The molecule has 0 aliphatic heterocycles. The SMILES string of the molecule is CN(C)c1ccc(C(C2=C(O)CC(C)(C)CC2=O)C2=C(O)CC(C)(C)CC2=O)cc1Br. The second-order valence-corrected chi connectivity index (χ2v) is 11.5. The van der Waals surface area contributed by atoms with Gasteiger partial charge in [-0.25, -0.2) is 0 Å². The first-order valence-corrected chi connectivity index (χ1v) is 11.4. The Morgan fingerprint density at radius 2 is 1.32 bits per heavy atom. The number of halogens is 1. The van der Waals surface area contributed by atoms with E-state index in [0.717, 1.165) is 10.2 Å². The van der Waals surface area contributed by atoms with Crippen molar-refractivity contribution in [1.29, 1.82) is 0 Å². The summed E-state index contributed by atoms with van der Waals surface area (Å²) in [5.74, 6) is -1.12. The van der Waals surface area contributed by atoms with Crippen LogP contribution in [0.2, 0.25) is 0 Å². The predicted octanol–water partition coefficient (Wildman–Crippen LogP) is 6.00. The molecular weight excluding hydrogens is 458 g/mol. The molecule has 0 radical (unpaired) electrons. The second kappa shape index (κ2) is 8.12. The predicted molar refractivity (Wildman–Crippen MR) is 127 cm³/mol. The number of anilines is 1. The van der Waals surface area contributed by atoms with E-state index in [1.807, 2.05) is 64.9 Å². The Bertz CT molecular complexity index is 949. The van der Waals surface area contributed by atoms with Gasteiger partial charge in [-0.2, -0.15) is 0 Å². The fraction of sp³-hybridized carbons (Fsp3) is 0.520. The van der Waals surface area contributed by atoms with Crippen molar-refractivity contribution in [2.75, 3.05) is 19.0 Å². The van der Waals surface area contributed by atoms with Crippen molar-refractivity contribution >= 4 is 33.2 Å². The summed E-state index contributed by atoms with van der Waals surface area (Å²) < 4.78 is 0.812. The molecule has 0 amide bonds. The van der Waals surface area contributed by atoms with E-state index in [0.29, 0.717) is 18.4 Å². The Morgan fingerprint density at radius 3 is 1.68 bits per heavy atom. The lowest BCUT2D eigenvalue weighted by Gasteiger charge is -2.36. The molecule has 0 heterocycles. The molecule has 0 aromatic heterocycles. The lowest BCUT2D eigenvalue weighted by molar-refractivity contribution is -0.119. The number of allylic oxidation sites excluding steroid dienone is 4. The summed E-state index contributed by atoms with van der Waals surface area (Å²) >= 11 is 3.59. The van der Waals surface area contributed by atoms with Crippen LogP contribution in [0.25, 0.3) is 0 Å². The normalized spacial score (nSPS) is 21.2. The average Bonchev–Trinajstić information content (AvgIpc) is 2.56. The number of aliphatic hydroxyl groups excluding tert-OH is 2. The minimum absolute atomic E-state index is 0.0111. The highest BCUT2D eigenvalue weighted by Gasteiger charge is 2.43. The number of hydrogen-bond donors (Lipinski definition) is 2. The first-order chi connectivity index (χ1) is 14.2. The maximum absolute atomic E-state index is 13.2.